The molecule has 2 atom stereocenters. The zero-order valence-corrected chi connectivity index (χ0v) is 15.4. The van der Waals surface area contributed by atoms with Gasteiger partial charge in [0.05, 0.1) is 29.8 Å². The molecular weight excluding hydrogens is 372 g/mol. The monoisotopic (exact) mass is 388 g/mol. The molecule has 0 fully saturated rings. The normalized spacial score (nSPS) is 24.0. The molecule has 5 rings (SSSR count). The number of fused-ring (bicyclic) bond motifs is 6. The van der Waals surface area contributed by atoms with Gasteiger partial charge in [0.15, 0.2) is 5.69 Å². The molecule has 7 heteroatoms. The number of aromatic nitrogens is 1. The number of aliphatic carboxylic acids is 1. The van der Waals surface area contributed by atoms with Crippen molar-refractivity contribution in [3.8, 4) is 17.4 Å². The third-order valence-electron chi connectivity index (χ3n) is 5.76. The summed E-state index contributed by atoms with van der Waals surface area (Å²) in [5.41, 5.74) is -0.801. The molecule has 3 aromatic rings. The van der Waals surface area contributed by atoms with Crippen molar-refractivity contribution in [3.05, 3.63) is 71.1 Å². The highest BCUT2D eigenvalue weighted by atomic mass is 16.5. The molecule has 0 amide bonds. The minimum Gasteiger partial charge on any atom is -0.494 e. The maximum atomic E-state index is 11.5. The Balaban J connectivity index is 1.83. The number of carbonyl (C=O) groups is 1. The summed E-state index contributed by atoms with van der Waals surface area (Å²) in [6.45, 7) is 9.10. The Morgan fingerprint density at radius 1 is 1.10 bits per heavy atom. The summed E-state index contributed by atoms with van der Waals surface area (Å²) in [6, 6.07) is 10.5. The fourth-order valence-electron chi connectivity index (χ4n) is 4.62. The molecule has 2 unspecified atom stereocenters. The first-order valence-electron chi connectivity index (χ1n) is 9.01. The summed E-state index contributed by atoms with van der Waals surface area (Å²) in [4.78, 5) is 15.0. The van der Waals surface area contributed by atoms with Crippen LogP contribution in [0.1, 0.15) is 24.5 Å². The highest BCUT2D eigenvalue weighted by molar-refractivity contribution is 6.00. The number of carboxylic acids is 1. The van der Waals surface area contributed by atoms with E-state index in [1.165, 1.54) is 4.57 Å². The van der Waals surface area contributed by atoms with E-state index in [9.17, 15) is 20.1 Å². The van der Waals surface area contributed by atoms with E-state index < -0.39 is 17.2 Å². The van der Waals surface area contributed by atoms with Crippen molar-refractivity contribution in [1.82, 2.24) is 4.57 Å². The van der Waals surface area contributed by atoms with Gasteiger partial charge in [0, 0.05) is 0 Å². The van der Waals surface area contributed by atoms with Gasteiger partial charge in [-0.1, -0.05) is 30.3 Å². The predicted octanol–water partition coefficient (Wildman–Crippen LogP) is 4.08. The Kier molecular flexibility index (Phi) is 3.23. The molecule has 3 N–H and O–H groups in total. The van der Waals surface area contributed by atoms with Gasteiger partial charge in [0.25, 0.3) is 0 Å². The molecule has 2 bridgehead atoms. The highest BCUT2D eigenvalue weighted by Crippen LogP contribution is 2.62. The number of benzene rings is 2. The zero-order valence-electron chi connectivity index (χ0n) is 15.4. The molecular formula is C22H16N2O5. The van der Waals surface area contributed by atoms with Crippen LogP contribution in [0, 0.1) is 6.57 Å². The number of nitrogens with zero attached hydrogens (tertiary/aromatic N) is 2. The number of hydrogen-bond acceptors (Lipinski definition) is 4. The molecule has 144 valence electrons. The standard InChI is InChI=1S/C22H16N2O5/c1-21-9-10-22(29-21,11-16(25)26)18-17(21)19(27)24(20(18)28)15-8-7-14(23-2)12-5-3-4-6-13(12)15/h3-10,27-28H,11H2,1H3,(H,25,26). The van der Waals surface area contributed by atoms with Gasteiger partial charge >= 0.3 is 5.97 Å². The minimum absolute atomic E-state index is 0.211. The van der Waals surface area contributed by atoms with E-state index in [1.54, 1.807) is 43.3 Å². The summed E-state index contributed by atoms with van der Waals surface area (Å²) in [5, 5.41) is 33.0. The Hall–Kier alpha value is -3.76. The summed E-state index contributed by atoms with van der Waals surface area (Å²) in [5.74, 6) is -1.56. The largest absolute Gasteiger partial charge is 0.494 e. The van der Waals surface area contributed by atoms with Crippen molar-refractivity contribution in [2.75, 3.05) is 0 Å². The summed E-state index contributed by atoms with van der Waals surface area (Å²) in [7, 11) is 0. The maximum Gasteiger partial charge on any atom is 0.306 e. The van der Waals surface area contributed by atoms with Crippen molar-refractivity contribution >= 4 is 22.4 Å². The number of carboxylic acid groups (broad SMARTS) is 1. The van der Waals surface area contributed by atoms with Gasteiger partial charge in [-0.25, -0.2) is 4.85 Å². The molecule has 0 aliphatic carbocycles. The van der Waals surface area contributed by atoms with E-state index in [0.717, 1.165) is 0 Å². The molecule has 2 aliphatic rings. The molecule has 29 heavy (non-hydrogen) atoms. The Morgan fingerprint density at radius 3 is 2.48 bits per heavy atom. The minimum atomic E-state index is -1.34. The van der Waals surface area contributed by atoms with Crippen LogP contribution >= 0.6 is 0 Å². The van der Waals surface area contributed by atoms with E-state index in [1.807, 2.05) is 12.1 Å². The Bertz CT molecular complexity index is 1300. The fraction of sp³-hybridized carbons (Fsp3) is 0.182. The Morgan fingerprint density at radius 2 is 1.79 bits per heavy atom. The topological polar surface area (TPSA) is 96.3 Å². The molecule has 2 aliphatic heterocycles. The van der Waals surface area contributed by atoms with Gasteiger partial charge < -0.3 is 20.1 Å². The molecule has 7 nitrogen and oxygen atoms in total. The van der Waals surface area contributed by atoms with Gasteiger partial charge in [-0.3, -0.25) is 9.36 Å². The van der Waals surface area contributed by atoms with Gasteiger partial charge in [-0.15, -0.1) is 0 Å². The Labute approximate surface area is 165 Å². The van der Waals surface area contributed by atoms with Crippen LogP contribution in [-0.4, -0.2) is 25.9 Å². The van der Waals surface area contributed by atoms with Gasteiger partial charge in [0.2, 0.25) is 11.8 Å². The van der Waals surface area contributed by atoms with Crippen molar-refractivity contribution < 1.29 is 24.9 Å². The first-order chi connectivity index (χ1) is 13.8. The molecule has 0 saturated heterocycles. The second-order valence-electron chi connectivity index (χ2n) is 7.50. The van der Waals surface area contributed by atoms with Crippen molar-refractivity contribution in [2.45, 2.75) is 24.5 Å². The van der Waals surface area contributed by atoms with Crippen LogP contribution in [0.15, 0.2) is 48.6 Å². The number of ether oxygens (including phenoxy) is 1. The number of hydrogen-bond donors (Lipinski definition) is 3. The van der Waals surface area contributed by atoms with Crippen LogP contribution in [0.2, 0.25) is 0 Å². The second-order valence-corrected chi connectivity index (χ2v) is 7.50. The molecule has 0 spiro atoms. The SMILES string of the molecule is [C-]#[N+]c1ccc(-n2c(O)c3c(c2O)C2(CC(=O)O)C=CC3(C)O2)c2ccccc12. The van der Waals surface area contributed by atoms with E-state index in [4.69, 9.17) is 11.3 Å². The lowest BCUT2D eigenvalue weighted by molar-refractivity contribution is -0.145. The lowest BCUT2D eigenvalue weighted by Gasteiger charge is -2.24. The maximum absolute atomic E-state index is 11.5. The number of aromatic hydroxyl groups is 2. The first kappa shape index (κ1) is 17.3. The van der Waals surface area contributed by atoms with Crippen molar-refractivity contribution in [1.29, 1.82) is 0 Å². The fourth-order valence-corrected chi connectivity index (χ4v) is 4.62. The summed E-state index contributed by atoms with van der Waals surface area (Å²) >= 11 is 0. The highest BCUT2D eigenvalue weighted by Gasteiger charge is 2.59. The third kappa shape index (κ3) is 2.06. The summed E-state index contributed by atoms with van der Waals surface area (Å²) in [6.07, 6.45) is 2.97. The van der Waals surface area contributed by atoms with Crippen LogP contribution < -0.4 is 0 Å². The van der Waals surface area contributed by atoms with E-state index in [-0.39, 0.29) is 23.7 Å². The van der Waals surface area contributed by atoms with Crippen molar-refractivity contribution in [2.24, 2.45) is 0 Å². The van der Waals surface area contributed by atoms with Gasteiger partial charge in [0.1, 0.15) is 11.2 Å². The van der Waals surface area contributed by atoms with Crippen LogP contribution in [0.25, 0.3) is 21.3 Å². The lowest BCUT2D eigenvalue weighted by atomic mass is 9.83. The molecule has 0 saturated carbocycles. The van der Waals surface area contributed by atoms with Crippen LogP contribution in [-0.2, 0) is 20.7 Å². The summed E-state index contributed by atoms with van der Waals surface area (Å²) < 4.78 is 7.28. The third-order valence-corrected chi connectivity index (χ3v) is 5.76. The molecule has 1 aromatic heterocycles. The lowest BCUT2D eigenvalue weighted by Crippen LogP contribution is -2.26. The smallest absolute Gasteiger partial charge is 0.306 e. The van der Waals surface area contributed by atoms with Crippen LogP contribution in [0.5, 0.6) is 11.8 Å². The molecule has 2 aromatic carbocycles. The van der Waals surface area contributed by atoms with Crippen molar-refractivity contribution in [3.63, 3.8) is 0 Å². The second kappa shape index (κ2) is 5.40. The van der Waals surface area contributed by atoms with Crippen LogP contribution in [0.3, 0.4) is 0 Å². The number of rotatable bonds is 3. The molecule has 3 heterocycles. The van der Waals surface area contributed by atoms with Gasteiger partial charge in [-0.05, 0) is 35.9 Å². The average molecular weight is 388 g/mol. The van der Waals surface area contributed by atoms with E-state index in [0.29, 0.717) is 27.7 Å². The predicted molar refractivity (Wildman–Crippen MR) is 104 cm³/mol. The quantitative estimate of drug-likeness (QED) is 0.464. The first-order valence-corrected chi connectivity index (χ1v) is 9.01. The van der Waals surface area contributed by atoms with E-state index >= 15 is 0 Å². The van der Waals surface area contributed by atoms with Gasteiger partial charge in [-0.2, -0.15) is 0 Å². The average Bonchev–Trinajstić information content (AvgIpc) is 3.25. The zero-order chi connectivity index (χ0) is 20.6. The van der Waals surface area contributed by atoms with E-state index in [2.05, 4.69) is 4.85 Å². The van der Waals surface area contributed by atoms with Crippen LogP contribution in [0.4, 0.5) is 5.69 Å². The molecule has 0 radical (unpaired) electrons.